The minimum absolute atomic E-state index is 0.00356. The summed E-state index contributed by atoms with van der Waals surface area (Å²) in [6.07, 6.45) is 0.597. The van der Waals surface area contributed by atoms with Crippen LogP contribution < -0.4 is 21.7 Å². The molecular weight excluding hydrogens is 490 g/mol. The van der Waals surface area contributed by atoms with E-state index in [1.165, 1.54) is 4.90 Å². The average molecular weight is 518 g/mol. The Morgan fingerprint density at radius 2 is 1.76 bits per heavy atom. The number of amides is 3. The van der Waals surface area contributed by atoms with Gasteiger partial charge in [0.1, 0.15) is 16.4 Å². The predicted octanol–water partition coefficient (Wildman–Crippen LogP) is 3.99. The lowest BCUT2D eigenvalue weighted by molar-refractivity contribution is -0.123. The van der Waals surface area contributed by atoms with Gasteiger partial charge in [-0.25, -0.2) is 0 Å². The second-order valence-corrected chi connectivity index (χ2v) is 9.12. The van der Waals surface area contributed by atoms with Gasteiger partial charge in [-0.2, -0.15) is 4.37 Å². The fraction of sp³-hybridized carbons (Fsp3) is 0.185. The number of nitrogens with two attached hydrogens (primary N) is 2. The maximum absolute atomic E-state index is 14.1. The van der Waals surface area contributed by atoms with Gasteiger partial charge in [0, 0.05) is 12.2 Å². The van der Waals surface area contributed by atoms with Crippen molar-refractivity contribution in [3.63, 3.8) is 0 Å². The van der Waals surface area contributed by atoms with E-state index in [2.05, 4.69) is 9.69 Å². The van der Waals surface area contributed by atoms with Gasteiger partial charge in [-0.15, -0.1) is 0 Å². The van der Waals surface area contributed by atoms with E-state index in [1.807, 2.05) is 49.4 Å². The van der Waals surface area contributed by atoms with E-state index >= 15 is 0 Å². The van der Waals surface area contributed by atoms with E-state index in [0.29, 0.717) is 17.9 Å². The number of nitrogens with one attached hydrogen (secondary N) is 1. The molecule has 0 radical (unpaired) electrons. The number of benzene rings is 2. The highest BCUT2D eigenvalue weighted by Crippen LogP contribution is 2.35. The third-order valence-electron chi connectivity index (χ3n) is 5.85. The topological polar surface area (TPSA) is 145 Å². The summed E-state index contributed by atoms with van der Waals surface area (Å²) >= 11 is 0.759. The molecule has 10 heteroatoms. The minimum atomic E-state index is -1.17. The van der Waals surface area contributed by atoms with Crippen molar-refractivity contribution in [3.8, 4) is 0 Å². The molecule has 0 aliphatic rings. The van der Waals surface area contributed by atoms with Gasteiger partial charge in [-0.3, -0.25) is 19.3 Å². The highest BCUT2D eigenvalue weighted by Gasteiger charge is 2.38. The van der Waals surface area contributed by atoms with Crippen LogP contribution in [0.1, 0.15) is 55.8 Å². The fourth-order valence-electron chi connectivity index (χ4n) is 4.00. The SMILES string of the molecule is CCc1ccccc1N(C(=O)c1snc(C(N)=O)c1N)C(C(=O)NCc1ccccc1)c1ccc(C)o1. The van der Waals surface area contributed by atoms with Crippen LogP contribution in [0.3, 0.4) is 0 Å². The van der Waals surface area contributed by atoms with Crippen molar-refractivity contribution >= 4 is 40.6 Å². The number of hydrogen-bond donors (Lipinski definition) is 3. The zero-order valence-corrected chi connectivity index (χ0v) is 21.2. The van der Waals surface area contributed by atoms with E-state index in [1.54, 1.807) is 31.2 Å². The first-order valence-electron chi connectivity index (χ1n) is 11.7. The number of hydrogen-bond acceptors (Lipinski definition) is 7. The number of furan rings is 1. The number of anilines is 2. The Balaban J connectivity index is 1.84. The first-order chi connectivity index (χ1) is 17.8. The van der Waals surface area contributed by atoms with E-state index < -0.39 is 23.8 Å². The predicted molar refractivity (Wildman–Crippen MR) is 142 cm³/mol. The smallest absolute Gasteiger partial charge is 0.273 e. The van der Waals surface area contributed by atoms with Crippen LogP contribution in [0.2, 0.25) is 0 Å². The van der Waals surface area contributed by atoms with Gasteiger partial charge in [0.05, 0.1) is 5.69 Å². The van der Waals surface area contributed by atoms with Crippen molar-refractivity contribution in [2.75, 3.05) is 10.6 Å². The molecule has 0 spiro atoms. The summed E-state index contributed by atoms with van der Waals surface area (Å²) in [6.45, 7) is 3.96. The number of carbonyl (C=O) groups excluding carboxylic acids is 3. The lowest BCUT2D eigenvalue weighted by atomic mass is 10.0. The molecule has 0 saturated heterocycles. The molecule has 37 heavy (non-hydrogen) atoms. The molecule has 0 fully saturated rings. The molecular formula is C27H27N5O4S. The zero-order valence-electron chi connectivity index (χ0n) is 20.4. The van der Waals surface area contributed by atoms with Crippen LogP contribution >= 0.6 is 11.5 Å². The minimum Gasteiger partial charge on any atom is -0.464 e. The summed E-state index contributed by atoms with van der Waals surface area (Å²) in [4.78, 5) is 41.0. The lowest BCUT2D eigenvalue weighted by Gasteiger charge is -2.31. The fourth-order valence-corrected chi connectivity index (χ4v) is 4.75. The zero-order chi connectivity index (χ0) is 26.5. The van der Waals surface area contributed by atoms with Crippen molar-refractivity contribution < 1.29 is 18.8 Å². The van der Waals surface area contributed by atoms with Crippen molar-refractivity contribution in [1.82, 2.24) is 9.69 Å². The van der Waals surface area contributed by atoms with Gasteiger partial charge in [-0.05, 0) is 54.2 Å². The van der Waals surface area contributed by atoms with Crippen molar-refractivity contribution in [3.05, 3.63) is 99.9 Å². The summed E-state index contributed by atoms with van der Waals surface area (Å²) in [7, 11) is 0. The molecule has 0 aliphatic heterocycles. The third-order valence-corrected chi connectivity index (χ3v) is 6.70. The van der Waals surface area contributed by atoms with E-state index in [-0.39, 0.29) is 28.6 Å². The molecule has 0 aliphatic carbocycles. The Hall–Kier alpha value is -4.44. The third kappa shape index (κ3) is 5.39. The van der Waals surface area contributed by atoms with Crippen molar-refractivity contribution in [2.24, 2.45) is 5.73 Å². The van der Waals surface area contributed by atoms with E-state index in [0.717, 1.165) is 22.7 Å². The highest BCUT2D eigenvalue weighted by molar-refractivity contribution is 7.09. The molecule has 3 amide bonds. The quantitative estimate of drug-likeness (QED) is 0.306. The number of aryl methyl sites for hydroxylation is 2. The van der Waals surface area contributed by atoms with Gasteiger partial charge in [-0.1, -0.05) is 55.5 Å². The second kappa shape index (κ2) is 11.1. The van der Waals surface area contributed by atoms with E-state index in [9.17, 15) is 14.4 Å². The van der Waals surface area contributed by atoms with Gasteiger partial charge in [0.15, 0.2) is 11.7 Å². The normalized spacial score (nSPS) is 11.6. The number of nitrogen functional groups attached to an aromatic ring is 1. The Kier molecular flexibility index (Phi) is 7.69. The summed E-state index contributed by atoms with van der Waals surface area (Å²) in [5.74, 6) is -1.03. The maximum Gasteiger partial charge on any atom is 0.273 e. The van der Waals surface area contributed by atoms with Crippen LogP contribution in [-0.2, 0) is 17.8 Å². The Morgan fingerprint density at radius 3 is 2.38 bits per heavy atom. The number of aromatic nitrogens is 1. The molecule has 0 saturated carbocycles. The number of carbonyl (C=O) groups is 3. The van der Waals surface area contributed by atoms with Gasteiger partial charge in [0.2, 0.25) is 0 Å². The molecule has 4 rings (SSSR count). The molecule has 2 heterocycles. The van der Waals surface area contributed by atoms with Crippen LogP contribution in [0, 0.1) is 6.92 Å². The average Bonchev–Trinajstić information content (AvgIpc) is 3.51. The second-order valence-electron chi connectivity index (χ2n) is 8.35. The van der Waals surface area contributed by atoms with Crippen LogP contribution in [0.4, 0.5) is 11.4 Å². The summed E-state index contributed by atoms with van der Waals surface area (Å²) in [5.41, 5.74) is 13.4. The standard InChI is InChI=1S/C27H27N5O4S/c1-3-18-11-7-8-12-19(18)32(27(35)24-21(28)22(25(29)33)31-37-24)23(20-14-13-16(2)36-20)26(34)30-15-17-9-5-4-6-10-17/h4-14,23H,3,15,28H2,1-2H3,(H2,29,33)(H,30,34). The van der Waals surface area contributed by atoms with Gasteiger partial charge in [0.25, 0.3) is 17.7 Å². The number of para-hydroxylation sites is 1. The molecule has 1 unspecified atom stereocenters. The first-order valence-corrected chi connectivity index (χ1v) is 12.4. The largest absolute Gasteiger partial charge is 0.464 e. The molecule has 9 nitrogen and oxygen atoms in total. The Bertz CT molecular complexity index is 1430. The first kappa shape index (κ1) is 25.6. The molecule has 2 aromatic heterocycles. The Labute approximate surface area is 218 Å². The van der Waals surface area contributed by atoms with Gasteiger partial charge < -0.3 is 21.2 Å². The molecule has 2 aromatic carbocycles. The Morgan fingerprint density at radius 1 is 1.05 bits per heavy atom. The summed E-state index contributed by atoms with van der Waals surface area (Å²) in [5, 5.41) is 2.93. The molecule has 1 atom stereocenters. The lowest BCUT2D eigenvalue weighted by Crippen LogP contribution is -2.44. The molecule has 190 valence electrons. The molecule has 5 N–H and O–H groups in total. The van der Waals surface area contributed by atoms with Crippen LogP contribution in [0.5, 0.6) is 0 Å². The van der Waals surface area contributed by atoms with Gasteiger partial charge >= 0.3 is 0 Å². The van der Waals surface area contributed by atoms with Crippen molar-refractivity contribution in [1.29, 1.82) is 0 Å². The molecule has 4 aromatic rings. The van der Waals surface area contributed by atoms with E-state index in [4.69, 9.17) is 15.9 Å². The van der Waals surface area contributed by atoms with Crippen molar-refractivity contribution in [2.45, 2.75) is 32.9 Å². The number of primary amides is 1. The monoisotopic (exact) mass is 517 g/mol. The highest BCUT2D eigenvalue weighted by atomic mass is 32.1. The number of nitrogens with zero attached hydrogens (tertiary/aromatic N) is 2. The maximum atomic E-state index is 14.1. The summed E-state index contributed by atoms with van der Waals surface area (Å²) in [6, 6.07) is 19.0. The summed E-state index contributed by atoms with van der Waals surface area (Å²) < 4.78 is 9.86. The molecule has 0 bridgehead atoms. The van der Waals surface area contributed by atoms with Crippen LogP contribution in [-0.4, -0.2) is 22.1 Å². The van der Waals surface area contributed by atoms with Crippen LogP contribution in [0.25, 0.3) is 0 Å². The number of rotatable bonds is 9. The van der Waals surface area contributed by atoms with Crippen LogP contribution in [0.15, 0.2) is 71.1 Å².